The van der Waals surface area contributed by atoms with Crippen LogP contribution in [-0.4, -0.2) is 22.0 Å². The molecule has 3 rings (SSSR count). The number of hydrogen-bond acceptors (Lipinski definition) is 3. The lowest BCUT2D eigenvalue weighted by atomic mass is 9.89. The Balaban J connectivity index is 1.81. The molecule has 2 heterocycles. The van der Waals surface area contributed by atoms with E-state index >= 15 is 0 Å². The third kappa shape index (κ3) is 4.37. The molecule has 26 heavy (non-hydrogen) atoms. The van der Waals surface area contributed by atoms with Crippen LogP contribution in [0.25, 0.3) is 11.4 Å². The topological polar surface area (TPSA) is 46.9 Å². The van der Waals surface area contributed by atoms with Crippen LogP contribution in [0.5, 0.6) is 0 Å². The van der Waals surface area contributed by atoms with Crippen LogP contribution >= 0.6 is 11.3 Å². The predicted octanol–water partition coefficient (Wildman–Crippen LogP) is 5.19. The third-order valence-electron chi connectivity index (χ3n) is 5.32. The van der Waals surface area contributed by atoms with E-state index in [-0.39, 0.29) is 5.91 Å². The van der Waals surface area contributed by atoms with E-state index in [2.05, 4.69) is 41.0 Å². The van der Waals surface area contributed by atoms with Gasteiger partial charge in [-0.05, 0) is 44.6 Å². The molecule has 0 radical (unpaired) electrons. The van der Waals surface area contributed by atoms with E-state index in [0.29, 0.717) is 11.8 Å². The van der Waals surface area contributed by atoms with E-state index < -0.39 is 0 Å². The standard InChI is InChI=1S/C21H31N3OS/c1-14(2)12-24-15(3)18(10-20(24)19-13-26-16(4)23-19)21(25)22-11-17-8-6-5-7-9-17/h10,13-14,17H,5-9,11-12H2,1-4H3,(H,22,25). The zero-order valence-electron chi connectivity index (χ0n) is 16.5. The Bertz CT molecular complexity index is 753. The number of carbonyl (C=O) groups excluding carboxylic acids is 1. The molecule has 1 amide bonds. The Morgan fingerprint density at radius 3 is 2.65 bits per heavy atom. The maximum absolute atomic E-state index is 12.9. The van der Waals surface area contributed by atoms with Crippen molar-refractivity contribution in [3.05, 3.63) is 27.7 Å². The van der Waals surface area contributed by atoms with Gasteiger partial charge in [0.1, 0.15) is 0 Å². The highest BCUT2D eigenvalue weighted by Crippen LogP contribution is 2.28. The highest BCUT2D eigenvalue weighted by molar-refractivity contribution is 7.09. The van der Waals surface area contributed by atoms with E-state index in [9.17, 15) is 4.79 Å². The van der Waals surface area contributed by atoms with Crippen molar-refractivity contribution in [2.45, 2.75) is 66.3 Å². The second-order valence-corrected chi connectivity index (χ2v) is 9.06. The quantitative estimate of drug-likeness (QED) is 0.757. The molecular formula is C21H31N3OS. The molecule has 0 aromatic carbocycles. The molecule has 1 fully saturated rings. The van der Waals surface area contributed by atoms with Gasteiger partial charge < -0.3 is 9.88 Å². The summed E-state index contributed by atoms with van der Waals surface area (Å²) in [5, 5.41) is 6.33. The molecule has 0 atom stereocenters. The highest BCUT2D eigenvalue weighted by Gasteiger charge is 2.21. The van der Waals surface area contributed by atoms with E-state index in [1.54, 1.807) is 11.3 Å². The van der Waals surface area contributed by atoms with Crippen LogP contribution in [0, 0.1) is 25.7 Å². The van der Waals surface area contributed by atoms with Crippen molar-refractivity contribution in [1.29, 1.82) is 0 Å². The van der Waals surface area contributed by atoms with Gasteiger partial charge in [0, 0.05) is 24.2 Å². The predicted molar refractivity (Wildman–Crippen MR) is 109 cm³/mol. The number of rotatable bonds is 6. The highest BCUT2D eigenvalue weighted by atomic mass is 32.1. The zero-order valence-corrected chi connectivity index (χ0v) is 17.3. The van der Waals surface area contributed by atoms with Crippen molar-refractivity contribution in [1.82, 2.24) is 14.9 Å². The number of thiazole rings is 1. The molecule has 0 unspecified atom stereocenters. The minimum atomic E-state index is 0.0591. The molecule has 1 aliphatic rings. The van der Waals surface area contributed by atoms with Gasteiger partial charge in [-0.3, -0.25) is 4.79 Å². The first-order valence-electron chi connectivity index (χ1n) is 9.86. The van der Waals surface area contributed by atoms with E-state index in [4.69, 9.17) is 0 Å². The first kappa shape index (κ1) is 19.2. The van der Waals surface area contributed by atoms with Gasteiger partial charge >= 0.3 is 0 Å². The van der Waals surface area contributed by atoms with Gasteiger partial charge in [0.2, 0.25) is 0 Å². The molecule has 142 valence electrons. The van der Waals surface area contributed by atoms with Crippen molar-refractivity contribution in [3.63, 3.8) is 0 Å². The van der Waals surface area contributed by atoms with Crippen molar-refractivity contribution >= 4 is 17.2 Å². The maximum Gasteiger partial charge on any atom is 0.253 e. The van der Waals surface area contributed by atoms with Crippen molar-refractivity contribution in [2.75, 3.05) is 6.54 Å². The smallest absolute Gasteiger partial charge is 0.253 e. The lowest BCUT2D eigenvalue weighted by Gasteiger charge is -2.21. The normalized spacial score (nSPS) is 15.6. The Morgan fingerprint density at radius 1 is 1.31 bits per heavy atom. The van der Waals surface area contributed by atoms with Gasteiger partial charge in [0.15, 0.2) is 0 Å². The molecule has 0 bridgehead atoms. The molecule has 2 aromatic heterocycles. The molecule has 0 spiro atoms. The Labute approximate surface area is 161 Å². The first-order valence-corrected chi connectivity index (χ1v) is 10.7. The van der Waals surface area contributed by atoms with Crippen LogP contribution in [0.1, 0.15) is 67.0 Å². The first-order chi connectivity index (χ1) is 12.5. The molecule has 1 aliphatic carbocycles. The second-order valence-electron chi connectivity index (χ2n) is 8.00. The molecule has 0 saturated heterocycles. The van der Waals surface area contributed by atoms with Crippen LogP contribution in [0.3, 0.4) is 0 Å². The zero-order chi connectivity index (χ0) is 18.7. The summed E-state index contributed by atoms with van der Waals surface area (Å²) < 4.78 is 2.26. The summed E-state index contributed by atoms with van der Waals surface area (Å²) in [4.78, 5) is 17.5. The summed E-state index contributed by atoms with van der Waals surface area (Å²) in [6, 6.07) is 2.03. The number of hydrogen-bond donors (Lipinski definition) is 1. The third-order valence-corrected chi connectivity index (χ3v) is 6.09. The fourth-order valence-corrected chi connectivity index (χ4v) is 4.50. The largest absolute Gasteiger partial charge is 0.352 e. The van der Waals surface area contributed by atoms with Gasteiger partial charge in [0.05, 0.1) is 22.0 Å². The number of carbonyl (C=O) groups is 1. The van der Waals surface area contributed by atoms with Crippen LogP contribution < -0.4 is 5.32 Å². The summed E-state index contributed by atoms with van der Waals surface area (Å²) in [5.74, 6) is 1.22. The maximum atomic E-state index is 12.9. The summed E-state index contributed by atoms with van der Waals surface area (Å²) in [5.41, 5.74) is 3.87. The van der Waals surface area contributed by atoms with Crippen molar-refractivity contribution < 1.29 is 4.79 Å². The van der Waals surface area contributed by atoms with E-state index in [0.717, 1.165) is 40.7 Å². The van der Waals surface area contributed by atoms with Crippen molar-refractivity contribution in [3.8, 4) is 11.4 Å². The SMILES string of the molecule is Cc1nc(-c2cc(C(=O)NCC3CCCCC3)c(C)n2CC(C)C)cs1. The van der Waals surface area contributed by atoms with Crippen molar-refractivity contribution in [2.24, 2.45) is 11.8 Å². The number of nitrogens with one attached hydrogen (secondary N) is 1. The number of aryl methyl sites for hydroxylation is 1. The van der Waals surface area contributed by atoms with E-state index in [1.807, 2.05) is 13.0 Å². The summed E-state index contributed by atoms with van der Waals surface area (Å²) in [6.45, 7) is 10.2. The monoisotopic (exact) mass is 373 g/mol. The Hall–Kier alpha value is -1.62. The molecule has 1 N–H and O–H groups in total. The molecular weight excluding hydrogens is 342 g/mol. The summed E-state index contributed by atoms with van der Waals surface area (Å²) >= 11 is 1.65. The summed E-state index contributed by atoms with van der Waals surface area (Å²) in [7, 11) is 0. The van der Waals surface area contributed by atoms with Gasteiger partial charge in [-0.15, -0.1) is 11.3 Å². The van der Waals surface area contributed by atoms with Gasteiger partial charge in [-0.25, -0.2) is 4.98 Å². The minimum absolute atomic E-state index is 0.0591. The fraction of sp³-hybridized carbons (Fsp3) is 0.619. The number of nitrogens with zero attached hydrogens (tertiary/aromatic N) is 2. The second kappa shape index (κ2) is 8.38. The molecule has 2 aromatic rings. The number of aromatic nitrogens is 2. The van der Waals surface area contributed by atoms with Gasteiger partial charge in [-0.1, -0.05) is 33.1 Å². The van der Waals surface area contributed by atoms with Crippen LogP contribution in [0.4, 0.5) is 0 Å². The fourth-order valence-electron chi connectivity index (χ4n) is 3.89. The lowest BCUT2D eigenvalue weighted by Crippen LogP contribution is -2.30. The van der Waals surface area contributed by atoms with Crippen LogP contribution in [-0.2, 0) is 6.54 Å². The molecule has 0 aliphatic heterocycles. The van der Waals surface area contributed by atoms with Gasteiger partial charge in [0.25, 0.3) is 5.91 Å². The molecule has 4 nitrogen and oxygen atoms in total. The summed E-state index contributed by atoms with van der Waals surface area (Å²) in [6.07, 6.45) is 6.45. The molecule has 5 heteroatoms. The lowest BCUT2D eigenvalue weighted by molar-refractivity contribution is 0.0943. The minimum Gasteiger partial charge on any atom is -0.352 e. The van der Waals surface area contributed by atoms with Crippen LogP contribution in [0.15, 0.2) is 11.4 Å². The average molecular weight is 374 g/mol. The number of amides is 1. The molecule has 1 saturated carbocycles. The van der Waals surface area contributed by atoms with Crippen LogP contribution in [0.2, 0.25) is 0 Å². The Morgan fingerprint density at radius 2 is 2.04 bits per heavy atom. The van der Waals surface area contributed by atoms with Gasteiger partial charge in [-0.2, -0.15) is 0 Å². The average Bonchev–Trinajstić information content (AvgIpc) is 3.18. The Kier molecular flexibility index (Phi) is 6.17. The van der Waals surface area contributed by atoms with E-state index in [1.165, 1.54) is 32.1 Å².